The van der Waals surface area contributed by atoms with E-state index >= 15 is 0 Å². The second-order valence-corrected chi connectivity index (χ2v) is 4.07. The van der Waals surface area contributed by atoms with Crippen LogP contribution in [-0.2, 0) is 7.05 Å². The second kappa shape index (κ2) is 2.98. The zero-order valence-electron chi connectivity index (χ0n) is 9.15. The highest BCUT2D eigenvalue weighted by Crippen LogP contribution is 2.30. The number of aryl methyl sites for hydroxylation is 2. The molecule has 2 heterocycles. The van der Waals surface area contributed by atoms with Gasteiger partial charge in [-0.2, -0.15) is 0 Å². The number of hydrogen-bond donors (Lipinski definition) is 0. The van der Waals surface area contributed by atoms with Gasteiger partial charge in [0.2, 0.25) is 5.71 Å². The van der Waals surface area contributed by atoms with E-state index < -0.39 is 0 Å². The minimum Gasteiger partial charge on any atom is -0.440 e. The lowest BCUT2D eigenvalue weighted by Gasteiger charge is -1.93. The summed E-state index contributed by atoms with van der Waals surface area (Å²) in [6, 6.07) is 7.93. The van der Waals surface area contributed by atoms with Crippen LogP contribution in [0, 0.1) is 6.92 Å². The molecule has 0 bridgehead atoms. The van der Waals surface area contributed by atoms with E-state index in [0.29, 0.717) is 5.69 Å². The summed E-state index contributed by atoms with van der Waals surface area (Å²) in [7, 11) is 1.83. The Kier molecular flexibility index (Phi) is 1.72. The summed E-state index contributed by atoms with van der Waals surface area (Å²) >= 11 is 0. The molecule has 16 heavy (non-hydrogen) atoms. The first-order chi connectivity index (χ1) is 7.70. The van der Waals surface area contributed by atoms with Crippen molar-refractivity contribution in [1.29, 1.82) is 0 Å². The lowest BCUT2D eigenvalue weighted by atomic mass is 10.1. The summed E-state index contributed by atoms with van der Waals surface area (Å²) in [6.07, 6.45) is 0.844. The predicted octanol–water partition coefficient (Wildman–Crippen LogP) is 3.05. The fourth-order valence-corrected chi connectivity index (χ4v) is 2.08. The minimum absolute atomic E-state index is 0.636. The summed E-state index contributed by atoms with van der Waals surface area (Å²) in [5, 5.41) is 2.07. The second-order valence-electron chi connectivity index (χ2n) is 4.07. The third-order valence-corrected chi connectivity index (χ3v) is 2.97. The number of hydrogen-bond acceptors (Lipinski definition) is 2. The highest BCUT2D eigenvalue weighted by molar-refractivity contribution is 6.06. The maximum atomic E-state index is 10.8. The lowest BCUT2D eigenvalue weighted by molar-refractivity contribution is 0.111. The van der Waals surface area contributed by atoms with Crippen molar-refractivity contribution in [2.45, 2.75) is 6.92 Å². The fourth-order valence-electron chi connectivity index (χ4n) is 2.08. The summed E-state index contributed by atoms with van der Waals surface area (Å²) in [5.41, 5.74) is 3.44. The Hall–Kier alpha value is -2.03. The van der Waals surface area contributed by atoms with Crippen LogP contribution < -0.4 is 0 Å². The van der Waals surface area contributed by atoms with Crippen molar-refractivity contribution >= 4 is 28.4 Å². The highest BCUT2D eigenvalue weighted by Gasteiger charge is 2.13. The summed E-state index contributed by atoms with van der Waals surface area (Å²) in [6.45, 7) is 2.04. The van der Waals surface area contributed by atoms with E-state index in [2.05, 4.69) is 6.07 Å². The van der Waals surface area contributed by atoms with E-state index in [-0.39, 0.29) is 0 Å². The number of carbonyl (C=O) groups excluding carboxylic acids is 1. The number of fused-ring (bicyclic) bond motifs is 3. The first-order valence-electron chi connectivity index (χ1n) is 5.14. The first kappa shape index (κ1) is 9.21. The Bertz CT molecular complexity index is 703. The maximum absolute atomic E-state index is 10.8. The van der Waals surface area contributed by atoms with E-state index in [1.165, 1.54) is 5.56 Å². The lowest BCUT2D eigenvalue weighted by Crippen LogP contribution is -1.92. The number of furan rings is 1. The Morgan fingerprint density at radius 1 is 1.25 bits per heavy atom. The predicted molar refractivity (Wildman–Crippen MR) is 62.8 cm³/mol. The Balaban J connectivity index is 2.51. The van der Waals surface area contributed by atoms with Gasteiger partial charge < -0.3 is 8.98 Å². The van der Waals surface area contributed by atoms with Crippen LogP contribution in [-0.4, -0.2) is 10.9 Å². The Labute approximate surface area is 92.3 Å². The SMILES string of the molecule is Cc1ccc2oc3c(cc(C=O)n3C)c2c1. The molecule has 0 spiro atoms. The van der Waals surface area contributed by atoms with Crippen LogP contribution in [0.25, 0.3) is 22.1 Å². The van der Waals surface area contributed by atoms with Gasteiger partial charge in [0.25, 0.3) is 0 Å². The molecule has 0 aliphatic heterocycles. The third kappa shape index (κ3) is 1.05. The van der Waals surface area contributed by atoms with Crippen LogP contribution in [0.4, 0.5) is 0 Å². The average Bonchev–Trinajstić information content (AvgIpc) is 2.77. The zero-order valence-corrected chi connectivity index (χ0v) is 9.15. The van der Waals surface area contributed by atoms with Crippen molar-refractivity contribution in [1.82, 2.24) is 4.57 Å². The van der Waals surface area contributed by atoms with Gasteiger partial charge in [-0.3, -0.25) is 4.79 Å². The normalized spacial score (nSPS) is 11.4. The third-order valence-electron chi connectivity index (χ3n) is 2.97. The van der Waals surface area contributed by atoms with Crippen molar-refractivity contribution in [2.75, 3.05) is 0 Å². The van der Waals surface area contributed by atoms with Crippen LogP contribution in [0.2, 0.25) is 0 Å². The van der Waals surface area contributed by atoms with Crippen molar-refractivity contribution in [2.24, 2.45) is 7.05 Å². The first-order valence-corrected chi connectivity index (χ1v) is 5.14. The van der Waals surface area contributed by atoms with Gasteiger partial charge in [0.1, 0.15) is 5.58 Å². The molecule has 0 saturated heterocycles. The quantitative estimate of drug-likeness (QED) is 0.582. The van der Waals surface area contributed by atoms with Gasteiger partial charge in [-0.1, -0.05) is 11.6 Å². The van der Waals surface area contributed by atoms with E-state index in [9.17, 15) is 4.79 Å². The molecule has 3 rings (SSSR count). The zero-order chi connectivity index (χ0) is 11.3. The van der Waals surface area contributed by atoms with Gasteiger partial charge in [0.05, 0.1) is 5.69 Å². The molecule has 0 atom stereocenters. The molecule has 3 aromatic rings. The molecular weight excluding hydrogens is 202 g/mol. The molecule has 0 saturated carbocycles. The largest absolute Gasteiger partial charge is 0.440 e. The molecule has 0 aliphatic rings. The van der Waals surface area contributed by atoms with Gasteiger partial charge in [-0.25, -0.2) is 0 Å². The number of rotatable bonds is 1. The number of benzene rings is 1. The topological polar surface area (TPSA) is 35.1 Å². The van der Waals surface area contributed by atoms with Gasteiger partial charge >= 0.3 is 0 Å². The van der Waals surface area contributed by atoms with Crippen LogP contribution in [0.1, 0.15) is 16.1 Å². The number of carbonyl (C=O) groups is 1. The van der Waals surface area contributed by atoms with Crippen molar-refractivity contribution in [3.8, 4) is 0 Å². The molecule has 0 unspecified atom stereocenters. The molecule has 80 valence electrons. The van der Waals surface area contributed by atoms with E-state index in [0.717, 1.165) is 28.4 Å². The monoisotopic (exact) mass is 213 g/mol. The van der Waals surface area contributed by atoms with Gasteiger partial charge in [0.15, 0.2) is 6.29 Å². The fraction of sp³-hybridized carbons (Fsp3) is 0.154. The maximum Gasteiger partial charge on any atom is 0.208 e. The molecule has 0 amide bonds. The van der Waals surface area contributed by atoms with Crippen molar-refractivity contribution in [3.63, 3.8) is 0 Å². The molecule has 0 N–H and O–H groups in total. The van der Waals surface area contributed by atoms with Crippen LogP contribution >= 0.6 is 0 Å². The standard InChI is InChI=1S/C13H11NO2/c1-8-3-4-12-10(5-8)11-6-9(7-15)14(2)13(11)16-12/h3-7H,1-2H3. The van der Waals surface area contributed by atoms with Gasteiger partial charge in [-0.05, 0) is 25.1 Å². The van der Waals surface area contributed by atoms with Gasteiger partial charge in [0, 0.05) is 17.8 Å². The molecule has 0 radical (unpaired) electrons. The Morgan fingerprint density at radius 2 is 2.06 bits per heavy atom. The molecule has 3 heteroatoms. The van der Waals surface area contributed by atoms with E-state index in [1.54, 1.807) is 4.57 Å². The minimum atomic E-state index is 0.636. The molecule has 1 aromatic carbocycles. The molecule has 3 nitrogen and oxygen atoms in total. The van der Waals surface area contributed by atoms with Crippen LogP contribution in [0.3, 0.4) is 0 Å². The molecule has 2 aromatic heterocycles. The number of aldehydes is 1. The van der Waals surface area contributed by atoms with Gasteiger partial charge in [-0.15, -0.1) is 0 Å². The summed E-state index contributed by atoms with van der Waals surface area (Å²) in [5.74, 6) is 0. The number of aromatic nitrogens is 1. The smallest absolute Gasteiger partial charge is 0.208 e. The van der Waals surface area contributed by atoms with Crippen molar-refractivity contribution < 1.29 is 9.21 Å². The van der Waals surface area contributed by atoms with Crippen LogP contribution in [0.5, 0.6) is 0 Å². The molecular formula is C13H11NO2. The highest BCUT2D eigenvalue weighted by atomic mass is 16.3. The molecule has 0 aliphatic carbocycles. The summed E-state index contributed by atoms with van der Waals surface area (Å²) in [4.78, 5) is 10.8. The average molecular weight is 213 g/mol. The summed E-state index contributed by atoms with van der Waals surface area (Å²) < 4.78 is 7.50. The van der Waals surface area contributed by atoms with Crippen LogP contribution in [0.15, 0.2) is 28.7 Å². The Morgan fingerprint density at radius 3 is 2.81 bits per heavy atom. The molecule has 0 fully saturated rings. The van der Waals surface area contributed by atoms with Crippen molar-refractivity contribution in [3.05, 3.63) is 35.5 Å². The van der Waals surface area contributed by atoms with E-state index in [4.69, 9.17) is 4.42 Å². The van der Waals surface area contributed by atoms with E-state index in [1.807, 2.05) is 32.2 Å². The number of nitrogens with zero attached hydrogens (tertiary/aromatic N) is 1.